The fourth-order valence-electron chi connectivity index (χ4n) is 3.20. The van der Waals surface area contributed by atoms with Crippen LogP contribution in [0.4, 0.5) is 11.4 Å². The van der Waals surface area contributed by atoms with E-state index in [0.29, 0.717) is 28.8 Å². The molecule has 0 saturated carbocycles. The van der Waals surface area contributed by atoms with Gasteiger partial charge in [0.2, 0.25) is 0 Å². The molecule has 0 unspecified atom stereocenters. The molecule has 4 N–H and O–H groups in total. The van der Waals surface area contributed by atoms with Crippen molar-refractivity contribution in [2.75, 3.05) is 32.1 Å². The third kappa shape index (κ3) is 2.57. The van der Waals surface area contributed by atoms with Gasteiger partial charge in [0.1, 0.15) is 0 Å². The van der Waals surface area contributed by atoms with Crippen LogP contribution in [0.2, 0.25) is 0 Å². The smallest absolute Gasteiger partial charge is 0.196 e. The first-order valence-electron chi connectivity index (χ1n) is 7.95. The SMILES string of the molecule is CN(C)CCCc1cc(N)c(N)c2c1C(=O)c1ccccc1C2=O. The maximum absolute atomic E-state index is 13.0. The number of carbonyl (C=O) groups excluding carboxylic acids is 2. The lowest BCUT2D eigenvalue weighted by Crippen LogP contribution is -2.25. The number of aryl methyl sites for hydroxylation is 1. The molecule has 0 radical (unpaired) electrons. The topological polar surface area (TPSA) is 89.4 Å². The third-order valence-electron chi connectivity index (χ3n) is 4.40. The molecule has 5 heteroatoms. The van der Waals surface area contributed by atoms with Crippen LogP contribution < -0.4 is 11.5 Å². The van der Waals surface area contributed by atoms with Crippen molar-refractivity contribution < 1.29 is 9.59 Å². The molecule has 0 aliphatic heterocycles. The number of nitrogens with two attached hydrogens (primary N) is 2. The Morgan fingerprint density at radius 3 is 2.12 bits per heavy atom. The van der Waals surface area contributed by atoms with Gasteiger partial charge in [0.25, 0.3) is 0 Å². The van der Waals surface area contributed by atoms with Gasteiger partial charge in [-0.3, -0.25) is 9.59 Å². The molecule has 0 bridgehead atoms. The summed E-state index contributed by atoms with van der Waals surface area (Å²) in [4.78, 5) is 27.9. The minimum Gasteiger partial charge on any atom is -0.397 e. The number of fused-ring (bicyclic) bond motifs is 2. The van der Waals surface area contributed by atoms with Crippen LogP contribution in [-0.4, -0.2) is 37.1 Å². The number of hydrogen-bond donors (Lipinski definition) is 2. The van der Waals surface area contributed by atoms with Crippen LogP contribution in [0, 0.1) is 0 Å². The normalized spacial score (nSPS) is 13.1. The number of rotatable bonds is 4. The Labute approximate surface area is 141 Å². The van der Waals surface area contributed by atoms with Crippen molar-refractivity contribution in [2.45, 2.75) is 12.8 Å². The van der Waals surface area contributed by atoms with Crippen molar-refractivity contribution in [2.24, 2.45) is 0 Å². The summed E-state index contributed by atoms with van der Waals surface area (Å²) in [6, 6.07) is 8.60. The Kier molecular flexibility index (Phi) is 4.11. The molecular formula is C19H21N3O2. The van der Waals surface area contributed by atoms with Gasteiger partial charge in [-0.25, -0.2) is 0 Å². The van der Waals surface area contributed by atoms with E-state index in [1.54, 1.807) is 30.3 Å². The standard InChI is InChI=1S/C19H21N3O2/c1-22(2)9-5-6-11-10-14(20)17(21)16-15(11)18(23)12-7-3-4-8-13(12)19(16)24/h3-4,7-8,10H,5-6,9,20-21H2,1-2H3. The molecule has 2 aromatic carbocycles. The predicted octanol–water partition coefficient (Wildman–Crippen LogP) is 2.12. The van der Waals surface area contributed by atoms with E-state index in [-0.39, 0.29) is 22.8 Å². The van der Waals surface area contributed by atoms with E-state index < -0.39 is 0 Å². The zero-order chi connectivity index (χ0) is 17.4. The molecular weight excluding hydrogens is 302 g/mol. The van der Waals surface area contributed by atoms with E-state index in [9.17, 15) is 9.59 Å². The van der Waals surface area contributed by atoms with Gasteiger partial charge < -0.3 is 16.4 Å². The summed E-state index contributed by atoms with van der Waals surface area (Å²) in [6.07, 6.45) is 1.54. The second-order valence-electron chi connectivity index (χ2n) is 6.40. The van der Waals surface area contributed by atoms with Crippen LogP contribution in [0.25, 0.3) is 0 Å². The van der Waals surface area contributed by atoms with Gasteiger partial charge >= 0.3 is 0 Å². The summed E-state index contributed by atoms with van der Waals surface area (Å²) < 4.78 is 0. The monoisotopic (exact) mass is 323 g/mol. The minimum absolute atomic E-state index is 0.147. The summed E-state index contributed by atoms with van der Waals surface area (Å²) in [5, 5.41) is 0. The van der Waals surface area contributed by atoms with Crippen LogP contribution in [0.15, 0.2) is 30.3 Å². The molecule has 5 nitrogen and oxygen atoms in total. The van der Waals surface area contributed by atoms with Gasteiger partial charge in [-0.15, -0.1) is 0 Å². The Morgan fingerprint density at radius 2 is 1.54 bits per heavy atom. The number of ketones is 2. The Bertz CT molecular complexity index is 841. The fraction of sp³-hybridized carbons (Fsp3) is 0.263. The Balaban J connectivity index is 2.14. The quantitative estimate of drug-likeness (QED) is 0.718. The van der Waals surface area contributed by atoms with Crippen molar-refractivity contribution in [1.82, 2.24) is 4.90 Å². The van der Waals surface area contributed by atoms with Crippen molar-refractivity contribution in [3.8, 4) is 0 Å². The van der Waals surface area contributed by atoms with Gasteiger partial charge in [0, 0.05) is 16.7 Å². The molecule has 0 spiro atoms. The highest BCUT2D eigenvalue weighted by molar-refractivity contribution is 6.31. The lowest BCUT2D eigenvalue weighted by Gasteiger charge is -2.23. The first-order chi connectivity index (χ1) is 11.4. The zero-order valence-corrected chi connectivity index (χ0v) is 13.9. The maximum atomic E-state index is 13.0. The van der Waals surface area contributed by atoms with E-state index in [4.69, 9.17) is 11.5 Å². The third-order valence-corrected chi connectivity index (χ3v) is 4.40. The fourth-order valence-corrected chi connectivity index (χ4v) is 3.20. The highest BCUT2D eigenvalue weighted by Gasteiger charge is 2.33. The highest BCUT2D eigenvalue weighted by atomic mass is 16.1. The van der Waals surface area contributed by atoms with Crippen LogP contribution in [0.5, 0.6) is 0 Å². The van der Waals surface area contributed by atoms with Crippen molar-refractivity contribution in [3.05, 3.63) is 58.1 Å². The predicted molar refractivity (Wildman–Crippen MR) is 95.4 cm³/mol. The summed E-state index contributed by atoms with van der Waals surface area (Å²) in [5.74, 6) is -0.370. The van der Waals surface area contributed by atoms with Gasteiger partial charge in [0.15, 0.2) is 11.6 Å². The number of nitrogen functional groups attached to an aromatic ring is 2. The van der Waals surface area contributed by atoms with Crippen LogP contribution in [0.3, 0.4) is 0 Å². The number of nitrogens with zero attached hydrogens (tertiary/aromatic N) is 1. The highest BCUT2D eigenvalue weighted by Crippen LogP contribution is 2.36. The summed E-state index contributed by atoms with van der Waals surface area (Å²) >= 11 is 0. The average molecular weight is 323 g/mol. The molecule has 0 fully saturated rings. The van der Waals surface area contributed by atoms with Crippen LogP contribution in [0.1, 0.15) is 43.8 Å². The molecule has 0 atom stereocenters. The second kappa shape index (κ2) is 6.09. The van der Waals surface area contributed by atoms with E-state index >= 15 is 0 Å². The first-order valence-corrected chi connectivity index (χ1v) is 7.95. The van der Waals surface area contributed by atoms with E-state index in [0.717, 1.165) is 18.5 Å². The average Bonchev–Trinajstić information content (AvgIpc) is 2.55. The number of hydrogen-bond acceptors (Lipinski definition) is 5. The van der Waals surface area contributed by atoms with Crippen LogP contribution >= 0.6 is 0 Å². The number of benzene rings is 2. The van der Waals surface area contributed by atoms with Crippen molar-refractivity contribution >= 4 is 22.9 Å². The molecule has 1 aliphatic carbocycles. The van der Waals surface area contributed by atoms with E-state index in [1.165, 1.54) is 0 Å². The molecule has 0 amide bonds. The van der Waals surface area contributed by atoms with E-state index in [2.05, 4.69) is 4.90 Å². The van der Waals surface area contributed by atoms with Crippen LogP contribution in [-0.2, 0) is 6.42 Å². The molecule has 0 saturated heterocycles. The Morgan fingerprint density at radius 1 is 0.958 bits per heavy atom. The molecule has 24 heavy (non-hydrogen) atoms. The number of carbonyl (C=O) groups is 2. The lowest BCUT2D eigenvalue weighted by atomic mass is 9.80. The molecule has 124 valence electrons. The Hall–Kier alpha value is -2.66. The summed E-state index contributed by atoms with van der Waals surface area (Å²) in [5.41, 5.74) is 14.9. The maximum Gasteiger partial charge on any atom is 0.196 e. The molecule has 0 aromatic heterocycles. The van der Waals surface area contributed by atoms with Crippen molar-refractivity contribution in [1.29, 1.82) is 0 Å². The largest absolute Gasteiger partial charge is 0.397 e. The number of anilines is 2. The van der Waals surface area contributed by atoms with Gasteiger partial charge in [-0.2, -0.15) is 0 Å². The van der Waals surface area contributed by atoms with Gasteiger partial charge in [-0.1, -0.05) is 24.3 Å². The minimum atomic E-state index is -0.223. The zero-order valence-electron chi connectivity index (χ0n) is 13.9. The molecule has 1 aliphatic rings. The molecule has 0 heterocycles. The molecule has 3 rings (SSSR count). The van der Waals surface area contributed by atoms with Gasteiger partial charge in [-0.05, 0) is 45.1 Å². The van der Waals surface area contributed by atoms with E-state index in [1.807, 2.05) is 14.1 Å². The first kappa shape index (κ1) is 16.2. The summed E-state index contributed by atoms with van der Waals surface area (Å²) in [7, 11) is 4.00. The van der Waals surface area contributed by atoms with Crippen molar-refractivity contribution in [3.63, 3.8) is 0 Å². The van der Waals surface area contributed by atoms with Gasteiger partial charge in [0.05, 0.1) is 16.9 Å². The lowest BCUT2D eigenvalue weighted by molar-refractivity contribution is 0.0979. The molecule has 2 aromatic rings. The summed E-state index contributed by atoms with van der Waals surface area (Å²) in [6.45, 7) is 0.887. The second-order valence-corrected chi connectivity index (χ2v) is 6.40.